The van der Waals surface area contributed by atoms with Crippen LogP contribution in [-0.2, 0) is 0 Å². The predicted molar refractivity (Wildman–Crippen MR) is 88.1 cm³/mol. The van der Waals surface area contributed by atoms with Crippen molar-refractivity contribution in [1.82, 2.24) is 16.0 Å². The molecule has 1 rings (SSSR count). The van der Waals surface area contributed by atoms with Gasteiger partial charge in [0.15, 0.2) is 5.96 Å². The van der Waals surface area contributed by atoms with Gasteiger partial charge in [-0.1, -0.05) is 37.1 Å². The van der Waals surface area contributed by atoms with Gasteiger partial charge < -0.3 is 16.0 Å². The molecule has 0 fully saturated rings. The Balaban J connectivity index is 2.27. The largest absolute Gasteiger partial charge is 0.356 e. The molecule has 1 aromatic rings. The van der Waals surface area contributed by atoms with Gasteiger partial charge in [-0.15, -0.1) is 0 Å². The Labute approximate surface area is 131 Å². The number of rotatable bonds is 7. The Bertz CT molecular complexity index is 476. The molecule has 3 N–H and O–H groups in total. The second-order valence-corrected chi connectivity index (χ2v) is 4.92. The van der Waals surface area contributed by atoms with E-state index in [9.17, 15) is 4.79 Å². The molecule has 0 aliphatic heterocycles. The maximum Gasteiger partial charge on any atom is 0.252 e. The molecule has 0 atom stereocenters. The maximum absolute atomic E-state index is 11.9. The van der Waals surface area contributed by atoms with Crippen LogP contribution < -0.4 is 16.0 Å². The molecular weight excluding hydrogens is 288 g/mol. The van der Waals surface area contributed by atoms with Crippen LogP contribution in [0.25, 0.3) is 0 Å². The van der Waals surface area contributed by atoms with Crippen molar-refractivity contribution < 1.29 is 4.79 Å². The summed E-state index contributed by atoms with van der Waals surface area (Å²) in [5.74, 6) is 0.576. The highest BCUT2D eigenvalue weighted by Crippen LogP contribution is 2.14. The topological polar surface area (TPSA) is 65.5 Å². The van der Waals surface area contributed by atoms with Crippen molar-refractivity contribution in [2.24, 2.45) is 4.99 Å². The number of nitrogens with zero attached hydrogens (tertiary/aromatic N) is 1. The lowest BCUT2D eigenvalue weighted by Crippen LogP contribution is -2.41. The van der Waals surface area contributed by atoms with E-state index < -0.39 is 0 Å². The van der Waals surface area contributed by atoms with Crippen LogP contribution in [0.15, 0.2) is 29.3 Å². The summed E-state index contributed by atoms with van der Waals surface area (Å²) in [5.41, 5.74) is 0.490. The van der Waals surface area contributed by atoms with E-state index in [1.165, 1.54) is 0 Å². The van der Waals surface area contributed by atoms with E-state index in [0.717, 1.165) is 25.3 Å². The second kappa shape index (κ2) is 10.0. The molecule has 1 aromatic carbocycles. The van der Waals surface area contributed by atoms with Gasteiger partial charge in [0, 0.05) is 26.7 Å². The number of halogens is 1. The number of amides is 1. The second-order valence-electron chi connectivity index (χ2n) is 4.52. The Morgan fingerprint density at radius 3 is 2.48 bits per heavy atom. The standard InChI is InChI=1S/C15H23ClN4O/c1-3-4-9-19-15(17-2)20-11-10-18-14(21)12-7-5-6-8-13(12)16/h5-8H,3-4,9-11H2,1-2H3,(H,18,21)(H2,17,19,20). The summed E-state index contributed by atoms with van der Waals surface area (Å²) in [6.45, 7) is 4.13. The van der Waals surface area contributed by atoms with Crippen molar-refractivity contribution in [2.75, 3.05) is 26.7 Å². The van der Waals surface area contributed by atoms with Crippen molar-refractivity contribution in [3.63, 3.8) is 0 Å². The molecule has 6 heteroatoms. The van der Waals surface area contributed by atoms with Gasteiger partial charge in [-0.05, 0) is 18.6 Å². The normalized spacial score (nSPS) is 11.1. The number of carbonyl (C=O) groups is 1. The first kappa shape index (κ1) is 17.3. The summed E-state index contributed by atoms with van der Waals surface area (Å²) in [6.07, 6.45) is 2.24. The predicted octanol–water partition coefficient (Wildman–Crippen LogP) is 2.03. The summed E-state index contributed by atoms with van der Waals surface area (Å²) < 4.78 is 0. The molecule has 116 valence electrons. The van der Waals surface area contributed by atoms with Crippen LogP contribution in [0.2, 0.25) is 5.02 Å². The zero-order valence-corrected chi connectivity index (χ0v) is 13.3. The van der Waals surface area contributed by atoms with Gasteiger partial charge in [-0.3, -0.25) is 9.79 Å². The van der Waals surface area contributed by atoms with Crippen LogP contribution in [0.4, 0.5) is 0 Å². The van der Waals surface area contributed by atoms with E-state index in [-0.39, 0.29) is 5.91 Å². The van der Waals surface area contributed by atoms with Crippen molar-refractivity contribution >= 4 is 23.5 Å². The fourth-order valence-electron chi connectivity index (χ4n) is 1.70. The maximum atomic E-state index is 11.9. The van der Waals surface area contributed by atoms with Crippen molar-refractivity contribution in [2.45, 2.75) is 19.8 Å². The zero-order chi connectivity index (χ0) is 15.5. The minimum atomic E-state index is -0.170. The number of benzene rings is 1. The molecular formula is C15H23ClN4O. The lowest BCUT2D eigenvalue weighted by atomic mass is 10.2. The smallest absolute Gasteiger partial charge is 0.252 e. The number of carbonyl (C=O) groups excluding carboxylic acids is 1. The highest BCUT2D eigenvalue weighted by molar-refractivity contribution is 6.33. The summed E-state index contributed by atoms with van der Waals surface area (Å²) in [7, 11) is 1.73. The van der Waals surface area contributed by atoms with Crippen LogP contribution in [0.1, 0.15) is 30.1 Å². The van der Waals surface area contributed by atoms with Crippen molar-refractivity contribution in [3.05, 3.63) is 34.9 Å². The molecule has 0 bridgehead atoms. The summed E-state index contributed by atoms with van der Waals surface area (Å²) in [6, 6.07) is 7.00. The average Bonchev–Trinajstić information content (AvgIpc) is 2.50. The summed E-state index contributed by atoms with van der Waals surface area (Å²) in [4.78, 5) is 16.0. The summed E-state index contributed by atoms with van der Waals surface area (Å²) >= 11 is 5.97. The molecule has 0 spiro atoms. The third-order valence-electron chi connectivity index (χ3n) is 2.87. The third-order valence-corrected chi connectivity index (χ3v) is 3.20. The van der Waals surface area contributed by atoms with Gasteiger partial charge >= 0.3 is 0 Å². The lowest BCUT2D eigenvalue weighted by Gasteiger charge is -2.12. The van der Waals surface area contributed by atoms with Crippen LogP contribution >= 0.6 is 11.6 Å². The fourth-order valence-corrected chi connectivity index (χ4v) is 1.92. The molecule has 0 aromatic heterocycles. The van der Waals surface area contributed by atoms with E-state index in [2.05, 4.69) is 27.9 Å². The fraction of sp³-hybridized carbons (Fsp3) is 0.467. The van der Waals surface area contributed by atoms with Gasteiger partial charge in [0.25, 0.3) is 5.91 Å². The van der Waals surface area contributed by atoms with Crippen LogP contribution in [-0.4, -0.2) is 38.5 Å². The highest BCUT2D eigenvalue weighted by atomic mass is 35.5. The van der Waals surface area contributed by atoms with Crippen molar-refractivity contribution in [3.8, 4) is 0 Å². The molecule has 0 unspecified atom stereocenters. The molecule has 0 saturated heterocycles. The molecule has 1 amide bonds. The Morgan fingerprint density at radius 2 is 1.81 bits per heavy atom. The SMILES string of the molecule is CCCCNC(=NC)NCCNC(=O)c1ccccc1Cl. The Kier molecular flexibility index (Phi) is 8.28. The lowest BCUT2D eigenvalue weighted by molar-refractivity contribution is 0.0954. The van der Waals surface area contributed by atoms with Gasteiger partial charge in [0.1, 0.15) is 0 Å². The first-order valence-corrected chi connectivity index (χ1v) is 7.54. The number of aliphatic imine (C=N–C) groups is 1. The molecule has 0 aliphatic carbocycles. The van der Waals surface area contributed by atoms with Gasteiger partial charge in [0.05, 0.1) is 10.6 Å². The van der Waals surface area contributed by atoms with E-state index in [4.69, 9.17) is 11.6 Å². The quantitative estimate of drug-likeness (QED) is 0.410. The van der Waals surface area contributed by atoms with Crippen LogP contribution in [0.5, 0.6) is 0 Å². The van der Waals surface area contributed by atoms with Gasteiger partial charge in [-0.25, -0.2) is 0 Å². The molecule has 5 nitrogen and oxygen atoms in total. The molecule has 21 heavy (non-hydrogen) atoms. The number of guanidine groups is 1. The highest BCUT2D eigenvalue weighted by Gasteiger charge is 2.08. The average molecular weight is 311 g/mol. The van der Waals surface area contributed by atoms with Gasteiger partial charge in [-0.2, -0.15) is 0 Å². The monoisotopic (exact) mass is 310 g/mol. The molecule has 0 saturated carbocycles. The molecule has 0 aliphatic rings. The van der Waals surface area contributed by atoms with E-state index >= 15 is 0 Å². The van der Waals surface area contributed by atoms with Gasteiger partial charge in [0.2, 0.25) is 0 Å². The van der Waals surface area contributed by atoms with E-state index in [1.54, 1.807) is 31.3 Å². The van der Waals surface area contributed by atoms with E-state index in [0.29, 0.717) is 23.7 Å². The van der Waals surface area contributed by atoms with E-state index in [1.807, 2.05) is 0 Å². The number of nitrogens with one attached hydrogen (secondary N) is 3. The number of hydrogen-bond acceptors (Lipinski definition) is 2. The molecule has 0 heterocycles. The van der Waals surface area contributed by atoms with Crippen LogP contribution in [0.3, 0.4) is 0 Å². The molecule has 0 radical (unpaired) electrons. The minimum absolute atomic E-state index is 0.170. The minimum Gasteiger partial charge on any atom is -0.356 e. The zero-order valence-electron chi connectivity index (χ0n) is 12.6. The Morgan fingerprint density at radius 1 is 1.14 bits per heavy atom. The first-order valence-electron chi connectivity index (χ1n) is 7.16. The van der Waals surface area contributed by atoms with Crippen molar-refractivity contribution in [1.29, 1.82) is 0 Å². The summed E-state index contributed by atoms with van der Waals surface area (Å²) in [5, 5.41) is 9.62. The number of hydrogen-bond donors (Lipinski definition) is 3. The number of unbranched alkanes of at least 4 members (excludes halogenated alkanes) is 1. The first-order chi connectivity index (χ1) is 10.2. The third kappa shape index (κ3) is 6.49. The Hall–Kier alpha value is -1.75. The van der Waals surface area contributed by atoms with Crippen LogP contribution in [0, 0.1) is 0 Å².